The van der Waals surface area contributed by atoms with Crippen LogP contribution < -0.4 is 4.90 Å². The topological polar surface area (TPSA) is 80.5 Å². The fraction of sp³-hybridized carbons (Fsp3) is 0.286. The summed E-state index contributed by atoms with van der Waals surface area (Å²) in [6.45, 7) is 0. The molecule has 0 unspecified atom stereocenters. The average Bonchev–Trinajstić information content (AvgIpc) is 2.72. The van der Waals surface area contributed by atoms with Crippen LogP contribution in [0.2, 0.25) is 0 Å². The number of hydrogen-bond acceptors (Lipinski definition) is 4. The molecule has 20 heavy (non-hydrogen) atoms. The number of fused-ring (bicyclic) bond motifs is 1. The molecule has 1 heterocycles. The third-order valence-electron chi connectivity index (χ3n) is 3.83. The van der Waals surface area contributed by atoms with Gasteiger partial charge in [0.2, 0.25) is 11.8 Å². The van der Waals surface area contributed by atoms with Gasteiger partial charge in [0.1, 0.15) is 0 Å². The highest BCUT2D eigenvalue weighted by Crippen LogP contribution is 2.37. The first-order valence-electron chi connectivity index (χ1n) is 6.37. The lowest BCUT2D eigenvalue weighted by Crippen LogP contribution is -2.30. The van der Waals surface area contributed by atoms with Crippen LogP contribution in [0.1, 0.15) is 12.8 Å². The number of benzene rings is 1. The van der Waals surface area contributed by atoms with Gasteiger partial charge in [-0.1, -0.05) is 12.2 Å². The monoisotopic (exact) mass is 272 g/mol. The Balaban J connectivity index is 1.92. The van der Waals surface area contributed by atoms with Crippen molar-refractivity contribution < 1.29 is 14.5 Å². The summed E-state index contributed by atoms with van der Waals surface area (Å²) in [5.74, 6) is -0.998. The maximum absolute atomic E-state index is 12.3. The fourth-order valence-corrected chi connectivity index (χ4v) is 2.78. The van der Waals surface area contributed by atoms with E-state index in [0.29, 0.717) is 18.5 Å². The summed E-state index contributed by atoms with van der Waals surface area (Å²) in [6.07, 6.45) is 5.01. The first-order chi connectivity index (χ1) is 9.59. The number of nitrogens with zero attached hydrogens (tertiary/aromatic N) is 2. The number of imide groups is 1. The molecule has 6 nitrogen and oxygen atoms in total. The van der Waals surface area contributed by atoms with Crippen molar-refractivity contribution in [1.82, 2.24) is 0 Å². The highest BCUT2D eigenvalue weighted by atomic mass is 16.6. The molecule has 1 saturated heterocycles. The van der Waals surface area contributed by atoms with Crippen molar-refractivity contribution in [3.63, 3.8) is 0 Å². The van der Waals surface area contributed by atoms with Gasteiger partial charge in [0.15, 0.2) is 0 Å². The van der Waals surface area contributed by atoms with Crippen LogP contribution in [0.3, 0.4) is 0 Å². The molecule has 6 heteroatoms. The number of nitro benzene ring substituents is 1. The second-order valence-corrected chi connectivity index (χ2v) is 4.94. The van der Waals surface area contributed by atoms with E-state index < -0.39 is 4.92 Å². The molecule has 2 aliphatic rings. The van der Waals surface area contributed by atoms with Crippen LogP contribution in [0.4, 0.5) is 11.4 Å². The summed E-state index contributed by atoms with van der Waals surface area (Å²) >= 11 is 0. The van der Waals surface area contributed by atoms with Gasteiger partial charge in [-0.05, 0) is 25.0 Å². The smallest absolute Gasteiger partial charge is 0.269 e. The number of rotatable bonds is 2. The first kappa shape index (κ1) is 12.5. The quantitative estimate of drug-likeness (QED) is 0.357. The van der Waals surface area contributed by atoms with Crippen molar-refractivity contribution in [3.8, 4) is 0 Å². The zero-order valence-electron chi connectivity index (χ0n) is 10.6. The predicted molar refractivity (Wildman–Crippen MR) is 70.9 cm³/mol. The zero-order chi connectivity index (χ0) is 14.3. The summed E-state index contributed by atoms with van der Waals surface area (Å²) in [5.41, 5.74) is 0.340. The molecule has 2 amide bonds. The molecular formula is C14H12N2O4. The minimum Gasteiger partial charge on any atom is -0.274 e. The molecular weight excluding hydrogens is 260 g/mol. The molecule has 102 valence electrons. The van der Waals surface area contributed by atoms with Crippen LogP contribution in [-0.2, 0) is 9.59 Å². The van der Waals surface area contributed by atoms with Gasteiger partial charge < -0.3 is 0 Å². The van der Waals surface area contributed by atoms with Gasteiger partial charge in [-0.15, -0.1) is 0 Å². The van der Waals surface area contributed by atoms with E-state index in [1.165, 1.54) is 24.3 Å². The van der Waals surface area contributed by atoms with Gasteiger partial charge >= 0.3 is 0 Å². The molecule has 1 aromatic rings. The molecule has 2 atom stereocenters. The van der Waals surface area contributed by atoms with Crippen molar-refractivity contribution in [1.29, 1.82) is 0 Å². The van der Waals surface area contributed by atoms with Gasteiger partial charge in [0.05, 0.1) is 22.4 Å². The Hall–Kier alpha value is -2.50. The van der Waals surface area contributed by atoms with Crippen LogP contribution in [0, 0.1) is 22.0 Å². The summed E-state index contributed by atoms with van der Waals surface area (Å²) < 4.78 is 0. The van der Waals surface area contributed by atoms with Crippen LogP contribution in [0.5, 0.6) is 0 Å². The third kappa shape index (κ3) is 1.80. The number of carbonyl (C=O) groups excluding carboxylic acids is 2. The number of allylic oxidation sites excluding steroid dienone is 2. The Kier molecular flexibility index (Phi) is 2.85. The van der Waals surface area contributed by atoms with Gasteiger partial charge in [0.25, 0.3) is 5.69 Å². The molecule has 0 spiro atoms. The van der Waals surface area contributed by atoms with E-state index in [9.17, 15) is 19.7 Å². The van der Waals surface area contributed by atoms with Crippen LogP contribution >= 0.6 is 0 Å². The van der Waals surface area contributed by atoms with Crippen molar-refractivity contribution in [2.24, 2.45) is 11.8 Å². The maximum atomic E-state index is 12.3. The lowest BCUT2D eigenvalue weighted by atomic mass is 9.85. The number of anilines is 1. The van der Waals surface area contributed by atoms with Gasteiger partial charge in [-0.3, -0.25) is 24.6 Å². The number of carbonyl (C=O) groups is 2. The molecule has 1 aliphatic carbocycles. The Bertz CT molecular complexity index is 595. The van der Waals surface area contributed by atoms with E-state index in [1.807, 2.05) is 12.2 Å². The lowest BCUT2D eigenvalue weighted by Gasteiger charge is -2.14. The third-order valence-corrected chi connectivity index (χ3v) is 3.83. The van der Waals surface area contributed by atoms with Crippen LogP contribution in [-0.4, -0.2) is 16.7 Å². The van der Waals surface area contributed by atoms with Gasteiger partial charge in [-0.2, -0.15) is 0 Å². The molecule has 0 aromatic heterocycles. The molecule has 1 aromatic carbocycles. The van der Waals surface area contributed by atoms with E-state index in [0.717, 1.165) is 4.90 Å². The molecule has 0 saturated carbocycles. The molecule has 3 rings (SSSR count). The van der Waals surface area contributed by atoms with E-state index in [4.69, 9.17) is 0 Å². The second kappa shape index (κ2) is 4.56. The average molecular weight is 272 g/mol. The number of amides is 2. The minimum atomic E-state index is -0.513. The molecule has 0 radical (unpaired) electrons. The van der Waals surface area contributed by atoms with Crippen molar-refractivity contribution in [2.75, 3.05) is 4.90 Å². The minimum absolute atomic E-state index is 0.0630. The normalized spacial score (nSPS) is 24.9. The largest absolute Gasteiger partial charge is 0.274 e. The second-order valence-electron chi connectivity index (χ2n) is 4.94. The predicted octanol–water partition coefficient (Wildman–Crippen LogP) is 2.05. The Morgan fingerprint density at radius 1 is 1.00 bits per heavy atom. The van der Waals surface area contributed by atoms with Gasteiger partial charge in [0, 0.05) is 12.1 Å². The highest BCUT2D eigenvalue weighted by Gasteiger charge is 2.47. The highest BCUT2D eigenvalue weighted by molar-refractivity contribution is 6.22. The molecule has 0 N–H and O–H groups in total. The summed E-state index contributed by atoms with van der Waals surface area (Å²) in [4.78, 5) is 35.9. The van der Waals surface area contributed by atoms with Crippen LogP contribution in [0.15, 0.2) is 36.4 Å². The van der Waals surface area contributed by atoms with E-state index in [2.05, 4.69) is 0 Å². The Morgan fingerprint density at radius 3 is 1.95 bits per heavy atom. The van der Waals surface area contributed by atoms with Crippen LogP contribution in [0.25, 0.3) is 0 Å². The summed E-state index contributed by atoms with van der Waals surface area (Å²) in [6, 6.07) is 5.49. The summed E-state index contributed by atoms with van der Waals surface area (Å²) in [7, 11) is 0. The fourth-order valence-electron chi connectivity index (χ4n) is 2.78. The molecule has 0 bridgehead atoms. The summed E-state index contributed by atoms with van der Waals surface area (Å²) in [5, 5.41) is 10.6. The van der Waals surface area contributed by atoms with E-state index in [-0.39, 0.29) is 29.3 Å². The number of hydrogen-bond donors (Lipinski definition) is 0. The zero-order valence-corrected chi connectivity index (χ0v) is 10.6. The number of non-ortho nitro benzene ring substituents is 1. The van der Waals surface area contributed by atoms with E-state index in [1.54, 1.807) is 0 Å². The van der Waals surface area contributed by atoms with Crippen molar-refractivity contribution in [2.45, 2.75) is 12.8 Å². The van der Waals surface area contributed by atoms with E-state index >= 15 is 0 Å². The molecule has 1 fully saturated rings. The Morgan fingerprint density at radius 2 is 1.50 bits per heavy atom. The maximum Gasteiger partial charge on any atom is 0.269 e. The standard InChI is InChI=1S/C14H12N2O4/c17-13-11-3-1-2-4-12(11)14(18)15(13)9-5-7-10(8-6-9)16(19)20/h1-2,5-8,11-12H,3-4H2/t11-,12-/m1/s1. The van der Waals surface area contributed by atoms with Crippen molar-refractivity contribution in [3.05, 3.63) is 46.5 Å². The lowest BCUT2D eigenvalue weighted by molar-refractivity contribution is -0.384. The van der Waals surface area contributed by atoms with Crippen molar-refractivity contribution >= 4 is 23.2 Å². The SMILES string of the molecule is O=C1[C@@H]2CC=CC[C@H]2C(=O)N1c1ccc([N+](=O)[O-])cc1. The number of nitro groups is 1. The van der Waals surface area contributed by atoms with Gasteiger partial charge in [-0.25, -0.2) is 0 Å². The first-order valence-corrected chi connectivity index (χ1v) is 6.37. The molecule has 1 aliphatic heterocycles. The Labute approximate surface area is 114 Å².